The molecule has 21 heavy (non-hydrogen) atoms. The van der Waals surface area contributed by atoms with Gasteiger partial charge in [-0.3, -0.25) is 4.57 Å². The number of ether oxygens (including phenoxy) is 1. The molecule has 1 saturated carbocycles. The van der Waals surface area contributed by atoms with Gasteiger partial charge < -0.3 is 13.8 Å². The smallest absolute Gasteiger partial charge is 0.334 e. The summed E-state index contributed by atoms with van der Waals surface area (Å²) < 4.78 is 29.6. The van der Waals surface area contributed by atoms with Gasteiger partial charge in [-0.25, -0.2) is 0 Å². The van der Waals surface area contributed by atoms with Crippen LogP contribution in [0.15, 0.2) is 24.3 Å². The molecular weight excluding hydrogens is 287 g/mol. The molecule has 118 valence electrons. The molecule has 2 atom stereocenters. The van der Waals surface area contributed by atoms with Gasteiger partial charge in [-0.1, -0.05) is 12.1 Å². The summed E-state index contributed by atoms with van der Waals surface area (Å²) >= 11 is 0. The summed E-state index contributed by atoms with van der Waals surface area (Å²) in [5.74, 6) is 1.08. The van der Waals surface area contributed by atoms with Crippen molar-refractivity contribution in [3.63, 3.8) is 0 Å². The Balaban J connectivity index is 2.11. The molecule has 0 aromatic heterocycles. The van der Waals surface area contributed by atoms with Crippen molar-refractivity contribution < 1.29 is 18.3 Å². The average molecular weight is 312 g/mol. The zero-order valence-electron chi connectivity index (χ0n) is 13.4. The Morgan fingerprint density at radius 3 is 2.00 bits per heavy atom. The molecule has 0 saturated heterocycles. The highest BCUT2D eigenvalue weighted by Gasteiger charge is 2.54. The minimum absolute atomic E-state index is 0.0318. The lowest BCUT2D eigenvalue weighted by Crippen LogP contribution is -2.11. The van der Waals surface area contributed by atoms with E-state index in [2.05, 4.69) is 0 Å². The topological polar surface area (TPSA) is 44.8 Å². The van der Waals surface area contributed by atoms with E-state index in [9.17, 15) is 4.57 Å². The first-order valence-electron chi connectivity index (χ1n) is 7.46. The van der Waals surface area contributed by atoms with E-state index >= 15 is 0 Å². The minimum atomic E-state index is -3.06. The fraction of sp³-hybridized carbons (Fsp3) is 0.625. The Bertz CT molecular complexity index is 496. The quantitative estimate of drug-likeness (QED) is 0.691. The monoisotopic (exact) mass is 312 g/mol. The Hall–Kier alpha value is -0.830. The third-order valence-electron chi connectivity index (χ3n) is 3.42. The van der Waals surface area contributed by atoms with Crippen molar-refractivity contribution in [1.29, 1.82) is 0 Å². The molecule has 4 nitrogen and oxygen atoms in total. The van der Waals surface area contributed by atoms with E-state index in [1.54, 1.807) is 7.11 Å². The molecule has 1 aromatic rings. The van der Waals surface area contributed by atoms with Crippen molar-refractivity contribution in [1.82, 2.24) is 0 Å². The van der Waals surface area contributed by atoms with Crippen LogP contribution >= 0.6 is 7.60 Å². The lowest BCUT2D eigenvalue weighted by molar-refractivity contribution is 0.141. The van der Waals surface area contributed by atoms with Crippen molar-refractivity contribution in [3.8, 4) is 5.75 Å². The van der Waals surface area contributed by atoms with Gasteiger partial charge in [-0.05, 0) is 57.7 Å². The standard InChI is InChI=1S/C16H25O4P/c1-11(2)19-21(17,20-12(3)4)16-10-15(16)13-6-8-14(18-5)9-7-13/h6-9,11-12,15-16H,10H2,1-5H3/t15-,16-/m0/s1. The van der Waals surface area contributed by atoms with Crippen LogP contribution in [0, 0.1) is 0 Å². The van der Waals surface area contributed by atoms with Crippen LogP contribution in [-0.2, 0) is 13.6 Å². The molecule has 5 heteroatoms. The molecule has 1 aromatic carbocycles. The van der Waals surface area contributed by atoms with Crippen LogP contribution in [0.4, 0.5) is 0 Å². The van der Waals surface area contributed by atoms with E-state index in [0.717, 1.165) is 12.2 Å². The lowest BCUT2D eigenvalue weighted by atomic mass is 10.1. The molecule has 0 amide bonds. The summed E-state index contributed by atoms with van der Waals surface area (Å²) in [5, 5.41) is 0. The molecular formula is C16H25O4P. The van der Waals surface area contributed by atoms with Gasteiger partial charge in [0, 0.05) is 0 Å². The van der Waals surface area contributed by atoms with Crippen LogP contribution < -0.4 is 4.74 Å². The van der Waals surface area contributed by atoms with Crippen LogP contribution in [0.3, 0.4) is 0 Å². The van der Waals surface area contributed by atoms with E-state index in [1.165, 1.54) is 5.56 Å². The maximum absolute atomic E-state index is 13.0. The third kappa shape index (κ3) is 4.09. The highest BCUT2D eigenvalue weighted by Crippen LogP contribution is 2.69. The lowest BCUT2D eigenvalue weighted by Gasteiger charge is -2.23. The van der Waals surface area contributed by atoms with Crippen molar-refractivity contribution in [2.24, 2.45) is 0 Å². The van der Waals surface area contributed by atoms with Gasteiger partial charge in [0.25, 0.3) is 0 Å². The number of methoxy groups -OCH3 is 1. The molecule has 0 spiro atoms. The van der Waals surface area contributed by atoms with Gasteiger partial charge in [0.05, 0.1) is 25.0 Å². The van der Waals surface area contributed by atoms with Crippen LogP contribution in [-0.4, -0.2) is 25.0 Å². The van der Waals surface area contributed by atoms with E-state index in [4.69, 9.17) is 13.8 Å². The summed E-state index contributed by atoms with van der Waals surface area (Å²) in [4.78, 5) is 0. The van der Waals surface area contributed by atoms with Crippen molar-refractivity contribution >= 4 is 7.60 Å². The number of hydrogen-bond donors (Lipinski definition) is 0. The van der Waals surface area contributed by atoms with Gasteiger partial charge in [-0.2, -0.15) is 0 Å². The maximum atomic E-state index is 13.0. The predicted molar refractivity (Wildman–Crippen MR) is 84.2 cm³/mol. The molecule has 1 aliphatic carbocycles. The molecule has 0 bridgehead atoms. The molecule has 1 fully saturated rings. The zero-order valence-corrected chi connectivity index (χ0v) is 14.3. The molecule has 0 N–H and O–H groups in total. The molecule has 0 radical (unpaired) electrons. The molecule has 0 heterocycles. The summed E-state index contributed by atoms with van der Waals surface area (Å²) in [5.41, 5.74) is 1.14. The summed E-state index contributed by atoms with van der Waals surface area (Å²) in [6, 6.07) is 7.92. The fourth-order valence-corrected chi connectivity index (χ4v) is 5.15. The Kier molecular flexibility index (Phi) is 5.13. The van der Waals surface area contributed by atoms with Crippen LogP contribution in [0.25, 0.3) is 0 Å². The SMILES string of the molecule is COc1ccc([C@@H]2C[C@@H]2P(=O)(OC(C)C)OC(C)C)cc1. The normalized spacial score (nSPS) is 21.9. The first-order valence-corrected chi connectivity index (χ1v) is 9.07. The summed E-state index contributed by atoms with van der Waals surface area (Å²) in [7, 11) is -1.42. The third-order valence-corrected chi connectivity index (χ3v) is 6.24. The molecule has 0 aliphatic heterocycles. The predicted octanol–water partition coefficient (Wildman–Crippen LogP) is 4.59. The van der Waals surface area contributed by atoms with Crippen molar-refractivity contribution in [2.75, 3.05) is 7.11 Å². The highest BCUT2D eigenvalue weighted by atomic mass is 31.2. The van der Waals surface area contributed by atoms with E-state index in [-0.39, 0.29) is 23.8 Å². The largest absolute Gasteiger partial charge is 0.497 e. The second-order valence-corrected chi connectivity index (χ2v) is 8.20. The minimum Gasteiger partial charge on any atom is -0.497 e. The summed E-state index contributed by atoms with van der Waals surface area (Å²) in [6.07, 6.45) is 0.640. The van der Waals surface area contributed by atoms with E-state index < -0.39 is 7.60 Å². The van der Waals surface area contributed by atoms with Crippen molar-refractivity contribution in [3.05, 3.63) is 29.8 Å². The van der Waals surface area contributed by atoms with Gasteiger partial charge >= 0.3 is 7.60 Å². The first-order chi connectivity index (χ1) is 9.85. The van der Waals surface area contributed by atoms with Crippen LogP contribution in [0.1, 0.15) is 45.6 Å². The van der Waals surface area contributed by atoms with Crippen molar-refractivity contribution in [2.45, 2.75) is 57.9 Å². The fourth-order valence-electron chi connectivity index (χ4n) is 2.51. The number of hydrogen-bond acceptors (Lipinski definition) is 4. The Labute approximate surface area is 127 Å². The first kappa shape index (κ1) is 16.5. The molecule has 0 unspecified atom stereocenters. The van der Waals surface area contributed by atoms with E-state index in [0.29, 0.717) is 0 Å². The van der Waals surface area contributed by atoms with E-state index in [1.807, 2.05) is 52.0 Å². The van der Waals surface area contributed by atoms with Crippen LogP contribution in [0.5, 0.6) is 5.75 Å². The highest BCUT2D eigenvalue weighted by molar-refractivity contribution is 7.55. The zero-order chi connectivity index (χ0) is 15.6. The van der Waals surface area contributed by atoms with Gasteiger partial charge in [0.1, 0.15) is 5.75 Å². The molecule has 2 rings (SSSR count). The Morgan fingerprint density at radius 2 is 1.57 bits per heavy atom. The maximum Gasteiger partial charge on any atom is 0.334 e. The van der Waals surface area contributed by atoms with Gasteiger partial charge in [0.15, 0.2) is 0 Å². The average Bonchev–Trinajstić information content (AvgIpc) is 3.17. The van der Waals surface area contributed by atoms with Gasteiger partial charge in [0.2, 0.25) is 0 Å². The van der Waals surface area contributed by atoms with Crippen LogP contribution in [0.2, 0.25) is 0 Å². The number of benzene rings is 1. The number of rotatable bonds is 7. The summed E-state index contributed by atoms with van der Waals surface area (Å²) in [6.45, 7) is 7.56. The second-order valence-electron chi connectivity index (χ2n) is 6.03. The molecule has 1 aliphatic rings. The Morgan fingerprint density at radius 1 is 1.05 bits per heavy atom. The second kappa shape index (κ2) is 6.51. The van der Waals surface area contributed by atoms with Gasteiger partial charge in [-0.15, -0.1) is 0 Å².